The molecule has 3 rings (SSSR count). The first-order valence-electron chi connectivity index (χ1n) is 7.77. The number of imidazole rings is 1. The van der Waals surface area contributed by atoms with E-state index >= 15 is 0 Å². The Morgan fingerprint density at radius 1 is 1.40 bits per heavy atom. The lowest BCUT2D eigenvalue weighted by molar-refractivity contribution is -0.0360. The van der Waals surface area contributed by atoms with Gasteiger partial charge in [0.2, 0.25) is 5.95 Å². The van der Waals surface area contributed by atoms with Gasteiger partial charge in [-0.1, -0.05) is 0 Å². The molecule has 0 spiro atoms. The smallest absolute Gasteiger partial charge is 0.278 e. The predicted octanol–water partition coefficient (Wildman–Crippen LogP) is 0.0829. The first-order valence-corrected chi connectivity index (χ1v) is 11.2. The topological polar surface area (TPSA) is 142 Å². The van der Waals surface area contributed by atoms with E-state index in [4.69, 9.17) is 22.7 Å². The molecule has 0 amide bonds. The number of hydrogen-bond acceptors (Lipinski definition) is 7. The van der Waals surface area contributed by atoms with Crippen molar-refractivity contribution < 1.29 is 14.9 Å². The summed E-state index contributed by atoms with van der Waals surface area (Å²) in [4.78, 5) is 21.2. The van der Waals surface area contributed by atoms with Gasteiger partial charge in [0, 0.05) is 0 Å². The second-order valence-electron chi connectivity index (χ2n) is 6.94. The fourth-order valence-corrected chi connectivity index (χ4v) is 4.17. The van der Waals surface area contributed by atoms with Gasteiger partial charge in [0.1, 0.15) is 12.2 Å². The molecule has 4 atom stereocenters. The molecule has 3 heterocycles. The number of aliphatic hydroxyl groups is 2. The number of fused-ring (bicyclic) bond motifs is 1. The number of nitrogens with zero attached hydrogens (tertiary/aromatic N) is 2. The van der Waals surface area contributed by atoms with Crippen LogP contribution < -0.4 is 11.3 Å². The van der Waals surface area contributed by atoms with Gasteiger partial charge < -0.3 is 25.7 Å². The molecule has 1 fully saturated rings. The minimum atomic E-state index is -1.29. The number of anilines is 1. The van der Waals surface area contributed by atoms with Crippen molar-refractivity contribution in [3.8, 4) is 0 Å². The summed E-state index contributed by atoms with van der Waals surface area (Å²) in [6, 6.07) is 0. The highest BCUT2D eigenvalue weighted by atomic mass is 32.1. The summed E-state index contributed by atoms with van der Waals surface area (Å²) in [6.07, 6.45) is 1.76. The zero-order valence-electron chi connectivity index (χ0n) is 14.0. The third-order valence-corrected chi connectivity index (χ3v) is 5.98. The van der Waals surface area contributed by atoms with Gasteiger partial charge >= 0.3 is 0 Å². The Kier molecular flexibility index (Phi) is 4.67. The van der Waals surface area contributed by atoms with Gasteiger partial charge in [0.25, 0.3) is 5.56 Å². The molecule has 0 bridgehead atoms. The van der Waals surface area contributed by atoms with Crippen molar-refractivity contribution >= 4 is 42.5 Å². The van der Waals surface area contributed by atoms with Gasteiger partial charge in [-0.05, 0) is 38.1 Å². The number of hydrogen-bond donors (Lipinski definition) is 5. The maximum Gasteiger partial charge on any atom is 0.278 e. The number of nitrogens with one attached hydrogen (secondary N) is 2. The van der Waals surface area contributed by atoms with E-state index in [0.717, 1.165) is 6.16 Å². The van der Waals surface area contributed by atoms with Crippen LogP contribution in [-0.2, 0) is 4.74 Å². The average molecular weight is 387 g/mol. The molecule has 138 valence electrons. The van der Waals surface area contributed by atoms with E-state index < -0.39 is 37.0 Å². The van der Waals surface area contributed by atoms with Crippen molar-refractivity contribution in [2.45, 2.75) is 31.0 Å². The normalized spacial score (nSPS) is 27.2. The van der Waals surface area contributed by atoms with Crippen LogP contribution in [0.5, 0.6) is 0 Å². The highest BCUT2D eigenvalue weighted by Gasteiger charge is 2.44. The highest BCUT2D eigenvalue weighted by molar-refractivity contribution is 7.72. The number of nitrogen functional groups attached to an aromatic ring is 1. The van der Waals surface area contributed by atoms with Crippen molar-refractivity contribution in [3.05, 3.63) is 15.1 Å². The average Bonchev–Trinajstić information content (AvgIpc) is 2.95. The minimum Gasteiger partial charge on any atom is -0.388 e. The first kappa shape index (κ1) is 18.3. The molecule has 2 aromatic rings. The maximum atomic E-state index is 12.0. The fourth-order valence-electron chi connectivity index (χ4n) is 2.92. The lowest BCUT2D eigenvalue weighted by Gasteiger charge is -2.18. The Morgan fingerprint density at radius 2 is 2.08 bits per heavy atom. The summed E-state index contributed by atoms with van der Waals surface area (Å²) in [6.45, 7) is 2.90. The van der Waals surface area contributed by atoms with Crippen molar-refractivity contribution in [1.29, 1.82) is 0 Å². The molecule has 9 nitrogen and oxygen atoms in total. The summed E-state index contributed by atoms with van der Waals surface area (Å²) in [7, 11) is 0. The zero-order valence-corrected chi connectivity index (χ0v) is 15.7. The van der Waals surface area contributed by atoms with E-state index in [9.17, 15) is 15.0 Å². The minimum absolute atomic E-state index is 0.0755. The van der Waals surface area contributed by atoms with Gasteiger partial charge in [-0.25, -0.2) is 0 Å². The van der Waals surface area contributed by atoms with Crippen LogP contribution in [0.3, 0.4) is 0 Å². The molecule has 2 aromatic heterocycles. The molecule has 6 N–H and O–H groups in total. The number of H-pyrrole nitrogens is 2. The number of ether oxygens (including phenoxy) is 1. The molecular weight excluding hydrogens is 365 g/mol. The predicted molar refractivity (Wildman–Crippen MR) is 101 cm³/mol. The molecule has 1 aliphatic rings. The summed E-state index contributed by atoms with van der Waals surface area (Å²) >= 11 is 5.24. The second-order valence-corrected chi connectivity index (χ2v) is 11.6. The van der Waals surface area contributed by atoms with Crippen LogP contribution in [0.2, 0.25) is 0 Å². The van der Waals surface area contributed by atoms with E-state index in [0.29, 0.717) is 6.42 Å². The Labute approximate surface area is 148 Å². The van der Waals surface area contributed by atoms with Crippen LogP contribution in [0.25, 0.3) is 11.2 Å². The maximum absolute atomic E-state index is 12.0. The van der Waals surface area contributed by atoms with Gasteiger partial charge in [-0.15, -0.1) is 13.2 Å². The van der Waals surface area contributed by atoms with Crippen molar-refractivity contribution in [2.24, 2.45) is 0 Å². The molecule has 0 aromatic carbocycles. The van der Waals surface area contributed by atoms with Crippen molar-refractivity contribution in [3.63, 3.8) is 0 Å². The van der Waals surface area contributed by atoms with Gasteiger partial charge in [0.15, 0.2) is 22.2 Å². The number of nitrogens with two attached hydrogens (primary N) is 1. The SMILES string of the molecule is C=P(C)(C)CC[C@H]1OC(n2c(=S)[nH]c3c(=O)[nH]c(N)nc32)[C@H](O)[C@@H]1O. The van der Waals surface area contributed by atoms with Crippen LogP contribution >= 0.6 is 19.1 Å². The van der Waals surface area contributed by atoms with Gasteiger partial charge in [-0.3, -0.25) is 14.3 Å². The molecule has 1 unspecified atom stereocenters. The summed E-state index contributed by atoms with van der Waals surface area (Å²) in [5, 5.41) is 20.8. The highest BCUT2D eigenvalue weighted by Crippen LogP contribution is 2.39. The second kappa shape index (κ2) is 6.37. The van der Waals surface area contributed by atoms with Gasteiger partial charge in [-0.2, -0.15) is 4.98 Å². The van der Waals surface area contributed by atoms with Gasteiger partial charge in [0.05, 0.1) is 6.10 Å². The van der Waals surface area contributed by atoms with Crippen LogP contribution in [0.4, 0.5) is 5.95 Å². The number of rotatable bonds is 4. The molecule has 1 aliphatic heterocycles. The summed E-state index contributed by atoms with van der Waals surface area (Å²) in [5.41, 5.74) is 5.44. The summed E-state index contributed by atoms with van der Waals surface area (Å²) in [5.74, 6) is -0.0755. The van der Waals surface area contributed by atoms with Crippen LogP contribution in [0, 0.1) is 4.77 Å². The van der Waals surface area contributed by atoms with E-state index in [1.807, 2.05) is 0 Å². The number of aromatic nitrogens is 4. The van der Waals surface area contributed by atoms with Crippen molar-refractivity contribution in [2.75, 3.05) is 25.2 Å². The molecule has 11 heteroatoms. The van der Waals surface area contributed by atoms with E-state index in [1.165, 1.54) is 4.57 Å². The molecule has 1 saturated heterocycles. The fraction of sp³-hybridized carbons (Fsp3) is 0.571. The molecular formula is C14H22N5O4PS. The Bertz CT molecular complexity index is 960. The lowest BCUT2D eigenvalue weighted by atomic mass is 10.1. The summed E-state index contributed by atoms with van der Waals surface area (Å²) < 4.78 is 7.40. The quantitative estimate of drug-likeness (QED) is 0.369. The molecule has 0 aliphatic carbocycles. The zero-order chi connectivity index (χ0) is 18.5. The standard InChI is InChI=1S/C14H22N5O4PS/c1-24(2,3)5-4-6-8(20)9(21)12(23-6)19-10-7(16-14(19)25)11(22)18-13(15)17-10/h6,8-9,12,20-21H,1,4-5H2,2-3H3,(H,16,25)(H3,15,17,18,22)/t6-,8-,9-,12?/m1/s1. The molecule has 25 heavy (non-hydrogen) atoms. The largest absolute Gasteiger partial charge is 0.388 e. The van der Waals surface area contributed by atoms with Crippen LogP contribution in [0.1, 0.15) is 12.6 Å². The Hall–Kier alpha value is -1.45. The number of aliphatic hydroxyl groups excluding tert-OH is 2. The Balaban J connectivity index is 1.98. The number of aromatic amines is 2. The van der Waals surface area contributed by atoms with E-state index in [1.54, 1.807) is 0 Å². The van der Waals surface area contributed by atoms with E-state index in [-0.39, 0.29) is 21.9 Å². The Morgan fingerprint density at radius 3 is 2.72 bits per heavy atom. The van der Waals surface area contributed by atoms with Crippen LogP contribution in [0.15, 0.2) is 4.79 Å². The molecule has 0 saturated carbocycles. The molecule has 0 radical (unpaired) electrons. The van der Waals surface area contributed by atoms with Crippen LogP contribution in [-0.4, -0.2) is 73.8 Å². The van der Waals surface area contributed by atoms with Crippen molar-refractivity contribution in [1.82, 2.24) is 19.5 Å². The third-order valence-electron chi connectivity index (χ3n) is 4.21. The van der Waals surface area contributed by atoms with E-state index in [2.05, 4.69) is 34.6 Å². The monoisotopic (exact) mass is 387 g/mol. The lowest BCUT2D eigenvalue weighted by Crippen LogP contribution is -2.32. The third kappa shape index (κ3) is 3.45. The first-order chi connectivity index (χ1) is 11.6.